The standard InChI is InChI=1S/C24H21N3O3/c1-15(2)25-21-10-6-7-13-26(21)22(28)17-11-12-18-19(14-17)24(30)27(23(18)29)20-9-5-4-8-16(20)3/h4-15H,1-3H3. The van der Waals surface area contributed by atoms with Crippen molar-refractivity contribution in [3.63, 3.8) is 0 Å². The van der Waals surface area contributed by atoms with Crippen LogP contribution in [0.2, 0.25) is 0 Å². The van der Waals surface area contributed by atoms with E-state index < -0.39 is 5.91 Å². The van der Waals surface area contributed by atoms with Crippen molar-refractivity contribution >= 4 is 23.4 Å². The maximum absolute atomic E-state index is 13.1. The summed E-state index contributed by atoms with van der Waals surface area (Å²) in [4.78, 5) is 44.7. The summed E-state index contributed by atoms with van der Waals surface area (Å²) in [7, 11) is 0. The van der Waals surface area contributed by atoms with Crippen molar-refractivity contribution in [2.24, 2.45) is 4.99 Å². The Morgan fingerprint density at radius 1 is 0.900 bits per heavy atom. The molecule has 2 aromatic carbocycles. The predicted molar refractivity (Wildman–Crippen MR) is 114 cm³/mol. The van der Waals surface area contributed by atoms with Crippen LogP contribution >= 0.6 is 0 Å². The lowest BCUT2D eigenvalue weighted by molar-refractivity contribution is 0.0923. The number of amides is 2. The summed E-state index contributed by atoms with van der Waals surface area (Å²) in [5.74, 6) is -1.12. The van der Waals surface area contributed by atoms with Crippen LogP contribution in [-0.2, 0) is 0 Å². The van der Waals surface area contributed by atoms with Gasteiger partial charge >= 0.3 is 0 Å². The number of nitrogens with zero attached hydrogens (tertiary/aromatic N) is 3. The second-order valence-corrected chi connectivity index (χ2v) is 7.45. The van der Waals surface area contributed by atoms with E-state index in [4.69, 9.17) is 0 Å². The first-order valence-corrected chi connectivity index (χ1v) is 9.73. The Hall–Kier alpha value is -3.80. The van der Waals surface area contributed by atoms with Gasteiger partial charge in [-0.2, -0.15) is 0 Å². The number of carbonyl (C=O) groups excluding carboxylic acids is 3. The Bertz CT molecular complexity index is 1250. The van der Waals surface area contributed by atoms with E-state index in [1.54, 1.807) is 42.6 Å². The molecule has 6 nitrogen and oxygen atoms in total. The second kappa shape index (κ2) is 7.55. The molecule has 0 bridgehead atoms. The smallest absolute Gasteiger partial charge is 0.266 e. The third kappa shape index (κ3) is 3.26. The molecular formula is C24H21N3O3. The molecule has 3 aromatic rings. The molecule has 0 saturated carbocycles. The molecule has 30 heavy (non-hydrogen) atoms. The van der Waals surface area contributed by atoms with E-state index in [0.717, 1.165) is 5.56 Å². The predicted octanol–water partition coefficient (Wildman–Crippen LogP) is 3.59. The van der Waals surface area contributed by atoms with Crippen LogP contribution in [0.1, 0.15) is 50.5 Å². The fourth-order valence-corrected chi connectivity index (χ4v) is 3.52. The quantitative estimate of drug-likeness (QED) is 0.632. The summed E-state index contributed by atoms with van der Waals surface area (Å²) < 4.78 is 1.45. The molecule has 0 radical (unpaired) electrons. The van der Waals surface area contributed by atoms with Gasteiger partial charge in [0, 0.05) is 17.8 Å². The Kier molecular flexibility index (Phi) is 4.91. The van der Waals surface area contributed by atoms with Crippen LogP contribution in [0.5, 0.6) is 0 Å². The van der Waals surface area contributed by atoms with Gasteiger partial charge in [0.2, 0.25) is 0 Å². The van der Waals surface area contributed by atoms with Gasteiger partial charge in [0.25, 0.3) is 17.7 Å². The van der Waals surface area contributed by atoms with Crippen molar-refractivity contribution in [2.75, 3.05) is 4.90 Å². The lowest BCUT2D eigenvalue weighted by Gasteiger charge is -2.16. The number of pyridine rings is 1. The summed E-state index contributed by atoms with van der Waals surface area (Å²) in [6.07, 6.45) is 1.64. The first-order valence-electron chi connectivity index (χ1n) is 9.73. The SMILES string of the molecule is Cc1ccccc1N1C(=O)c2ccc(C(=O)n3ccccc3=NC(C)C)cc2C1=O. The number of benzene rings is 2. The summed E-state index contributed by atoms with van der Waals surface area (Å²) in [5.41, 5.74) is 2.74. The number of para-hydroxylation sites is 1. The molecule has 2 heterocycles. The number of carbonyl (C=O) groups is 3. The summed E-state index contributed by atoms with van der Waals surface area (Å²) in [6.45, 7) is 5.71. The first-order chi connectivity index (χ1) is 14.4. The normalized spacial score (nSPS) is 13.9. The van der Waals surface area contributed by atoms with Crippen LogP contribution in [0, 0.1) is 6.92 Å². The van der Waals surface area contributed by atoms with Crippen molar-refractivity contribution in [3.8, 4) is 0 Å². The molecule has 0 N–H and O–H groups in total. The zero-order valence-corrected chi connectivity index (χ0v) is 17.0. The van der Waals surface area contributed by atoms with Crippen LogP contribution in [0.3, 0.4) is 0 Å². The molecule has 0 atom stereocenters. The van der Waals surface area contributed by atoms with Crippen molar-refractivity contribution in [1.29, 1.82) is 0 Å². The van der Waals surface area contributed by atoms with Crippen molar-refractivity contribution < 1.29 is 14.4 Å². The number of aromatic nitrogens is 1. The van der Waals surface area contributed by atoms with Gasteiger partial charge in [-0.1, -0.05) is 24.3 Å². The number of fused-ring (bicyclic) bond motifs is 1. The average Bonchev–Trinajstić information content (AvgIpc) is 2.98. The molecular weight excluding hydrogens is 378 g/mol. The van der Waals surface area contributed by atoms with Crippen LogP contribution in [-0.4, -0.2) is 28.3 Å². The Labute approximate surface area is 174 Å². The van der Waals surface area contributed by atoms with Crippen molar-refractivity contribution in [3.05, 3.63) is 94.6 Å². The summed E-state index contributed by atoms with van der Waals surface area (Å²) in [5, 5.41) is 0. The highest BCUT2D eigenvalue weighted by atomic mass is 16.2. The highest BCUT2D eigenvalue weighted by Gasteiger charge is 2.37. The monoisotopic (exact) mass is 399 g/mol. The number of imide groups is 1. The van der Waals surface area contributed by atoms with Crippen molar-refractivity contribution in [2.45, 2.75) is 26.8 Å². The molecule has 0 fully saturated rings. The van der Waals surface area contributed by atoms with E-state index in [0.29, 0.717) is 22.3 Å². The average molecular weight is 399 g/mol. The fraction of sp³-hybridized carbons (Fsp3) is 0.167. The zero-order chi connectivity index (χ0) is 21.4. The summed E-state index contributed by atoms with van der Waals surface area (Å²) >= 11 is 0. The topological polar surface area (TPSA) is 71.7 Å². The van der Waals surface area contributed by atoms with E-state index in [-0.39, 0.29) is 23.4 Å². The number of hydrogen-bond acceptors (Lipinski definition) is 4. The van der Waals surface area contributed by atoms with E-state index >= 15 is 0 Å². The zero-order valence-electron chi connectivity index (χ0n) is 17.0. The third-order valence-electron chi connectivity index (χ3n) is 4.94. The van der Waals surface area contributed by atoms with Gasteiger partial charge in [0.15, 0.2) is 0 Å². The Balaban J connectivity index is 1.76. The van der Waals surface area contributed by atoms with E-state index in [9.17, 15) is 14.4 Å². The van der Waals surface area contributed by atoms with Crippen LogP contribution in [0.4, 0.5) is 5.69 Å². The molecule has 2 amide bonds. The molecule has 150 valence electrons. The van der Waals surface area contributed by atoms with E-state index in [1.807, 2.05) is 39.0 Å². The molecule has 0 aliphatic carbocycles. The Morgan fingerprint density at radius 3 is 2.33 bits per heavy atom. The Morgan fingerprint density at radius 2 is 1.60 bits per heavy atom. The van der Waals surface area contributed by atoms with Crippen molar-refractivity contribution in [1.82, 2.24) is 4.57 Å². The van der Waals surface area contributed by atoms with Gasteiger partial charge in [0.1, 0.15) is 5.49 Å². The van der Waals surface area contributed by atoms with E-state index in [2.05, 4.69) is 4.99 Å². The fourth-order valence-electron chi connectivity index (χ4n) is 3.52. The molecule has 6 heteroatoms. The second-order valence-electron chi connectivity index (χ2n) is 7.45. The van der Waals surface area contributed by atoms with Gasteiger partial charge in [-0.3, -0.25) is 23.9 Å². The van der Waals surface area contributed by atoms with Gasteiger partial charge in [-0.15, -0.1) is 0 Å². The lowest BCUT2D eigenvalue weighted by Crippen LogP contribution is -2.30. The largest absolute Gasteiger partial charge is 0.268 e. The maximum atomic E-state index is 13.1. The molecule has 0 saturated heterocycles. The molecule has 0 unspecified atom stereocenters. The maximum Gasteiger partial charge on any atom is 0.266 e. The molecule has 1 aliphatic rings. The molecule has 1 aromatic heterocycles. The number of rotatable bonds is 3. The van der Waals surface area contributed by atoms with Gasteiger partial charge in [0.05, 0.1) is 16.8 Å². The third-order valence-corrected chi connectivity index (χ3v) is 4.94. The summed E-state index contributed by atoms with van der Waals surface area (Å²) in [6, 6.07) is 17.2. The lowest BCUT2D eigenvalue weighted by atomic mass is 10.1. The number of hydrogen-bond donors (Lipinski definition) is 0. The minimum Gasteiger partial charge on any atom is -0.268 e. The van der Waals surface area contributed by atoms with E-state index in [1.165, 1.54) is 15.5 Å². The first kappa shape index (κ1) is 19.5. The van der Waals surface area contributed by atoms with Gasteiger partial charge in [-0.25, -0.2) is 4.90 Å². The van der Waals surface area contributed by atoms with Gasteiger partial charge in [-0.05, 0) is 62.7 Å². The van der Waals surface area contributed by atoms with Crippen LogP contribution in [0.25, 0.3) is 0 Å². The molecule has 1 aliphatic heterocycles. The van der Waals surface area contributed by atoms with Gasteiger partial charge < -0.3 is 0 Å². The molecule has 4 rings (SSSR count). The number of aryl methyl sites for hydroxylation is 1. The number of anilines is 1. The minimum atomic E-state index is -0.427. The van der Waals surface area contributed by atoms with Crippen LogP contribution < -0.4 is 10.4 Å². The minimum absolute atomic E-state index is 0.0216. The van der Waals surface area contributed by atoms with Crippen LogP contribution in [0.15, 0.2) is 71.9 Å². The highest BCUT2D eigenvalue weighted by Crippen LogP contribution is 2.31. The highest BCUT2D eigenvalue weighted by molar-refractivity contribution is 6.35. The molecule has 0 spiro atoms.